The number of amides is 1. The summed E-state index contributed by atoms with van der Waals surface area (Å²) in [5.74, 6) is 0.817. The SMILES string of the molecule is CN=C(NCCCCN1CCC(C(N)=O)CC1)NCC(c1ccccc1)N1CCCC1. The van der Waals surface area contributed by atoms with E-state index >= 15 is 0 Å². The predicted octanol–water partition coefficient (Wildman–Crippen LogP) is 1.97. The molecule has 1 atom stereocenters. The van der Waals surface area contributed by atoms with Gasteiger partial charge in [0, 0.05) is 26.1 Å². The molecule has 7 heteroatoms. The monoisotopic (exact) mass is 428 g/mol. The Morgan fingerprint density at radius 2 is 1.81 bits per heavy atom. The van der Waals surface area contributed by atoms with E-state index in [2.05, 4.69) is 55.8 Å². The van der Waals surface area contributed by atoms with Crippen LogP contribution in [0.1, 0.15) is 50.1 Å². The molecule has 31 heavy (non-hydrogen) atoms. The highest BCUT2D eigenvalue weighted by molar-refractivity contribution is 5.79. The van der Waals surface area contributed by atoms with Crippen molar-refractivity contribution in [2.75, 3.05) is 52.9 Å². The number of nitrogens with two attached hydrogens (primary N) is 1. The molecule has 1 unspecified atom stereocenters. The highest BCUT2D eigenvalue weighted by Gasteiger charge is 2.24. The molecule has 4 N–H and O–H groups in total. The normalized spacial score (nSPS) is 20.0. The molecule has 2 heterocycles. The van der Waals surface area contributed by atoms with Crippen LogP contribution in [0.2, 0.25) is 0 Å². The molecule has 2 fully saturated rings. The molecular weight excluding hydrogens is 388 g/mol. The standard InChI is InChI=1S/C24H40N6O/c1-26-24(27-13-5-6-14-29-17-11-21(12-18-29)23(25)31)28-19-22(30-15-7-8-16-30)20-9-3-2-4-10-20/h2-4,9-10,21-22H,5-8,11-19H2,1H3,(H2,25,31)(H2,26,27,28). The van der Waals surface area contributed by atoms with Gasteiger partial charge in [0.2, 0.25) is 5.91 Å². The van der Waals surface area contributed by atoms with Crippen LogP contribution >= 0.6 is 0 Å². The predicted molar refractivity (Wildman–Crippen MR) is 127 cm³/mol. The summed E-state index contributed by atoms with van der Waals surface area (Å²) in [5, 5.41) is 7.01. The highest BCUT2D eigenvalue weighted by atomic mass is 16.1. The maximum atomic E-state index is 11.3. The van der Waals surface area contributed by atoms with Gasteiger partial charge in [-0.25, -0.2) is 0 Å². The van der Waals surface area contributed by atoms with Crippen molar-refractivity contribution < 1.29 is 4.79 Å². The molecule has 7 nitrogen and oxygen atoms in total. The molecule has 3 rings (SSSR count). The lowest BCUT2D eigenvalue weighted by Crippen LogP contribution is -2.43. The van der Waals surface area contributed by atoms with E-state index in [1.165, 1.54) is 31.5 Å². The van der Waals surface area contributed by atoms with Crippen molar-refractivity contribution in [3.63, 3.8) is 0 Å². The van der Waals surface area contributed by atoms with Crippen LogP contribution in [0, 0.1) is 5.92 Å². The Balaban J connectivity index is 1.35. The number of nitrogens with one attached hydrogen (secondary N) is 2. The molecule has 172 valence electrons. The molecule has 0 aliphatic carbocycles. The molecule has 0 bridgehead atoms. The zero-order valence-corrected chi connectivity index (χ0v) is 19.1. The van der Waals surface area contributed by atoms with E-state index in [0.717, 1.165) is 64.4 Å². The van der Waals surface area contributed by atoms with Crippen molar-refractivity contribution in [1.82, 2.24) is 20.4 Å². The summed E-state index contributed by atoms with van der Waals surface area (Å²) >= 11 is 0. The molecule has 2 saturated heterocycles. The number of nitrogens with zero attached hydrogens (tertiary/aromatic N) is 3. The van der Waals surface area contributed by atoms with Crippen LogP contribution in [0.5, 0.6) is 0 Å². The Kier molecular flexibility index (Phi) is 9.62. The molecule has 0 spiro atoms. The highest BCUT2D eigenvalue weighted by Crippen LogP contribution is 2.24. The van der Waals surface area contributed by atoms with Crippen molar-refractivity contribution in [3.05, 3.63) is 35.9 Å². The zero-order valence-electron chi connectivity index (χ0n) is 19.1. The fourth-order valence-corrected chi connectivity index (χ4v) is 4.71. The van der Waals surface area contributed by atoms with Crippen molar-refractivity contribution in [2.24, 2.45) is 16.6 Å². The van der Waals surface area contributed by atoms with Gasteiger partial charge in [-0.05, 0) is 76.8 Å². The number of likely N-dealkylation sites (tertiary alicyclic amines) is 2. The van der Waals surface area contributed by atoms with Crippen LogP contribution < -0.4 is 16.4 Å². The van der Waals surface area contributed by atoms with Gasteiger partial charge in [0.05, 0.1) is 6.04 Å². The number of guanidine groups is 1. The van der Waals surface area contributed by atoms with Gasteiger partial charge >= 0.3 is 0 Å². The molecule has 0 aromatic heterocycles. The summed E-state index contributed by atoms with van der Waals surface area (Å²) < 4.78 is 0. The first-order valence-electron chi connectivity index (χ1n) is 11.9. The molecule has 1 amide bonds. The van der Waals surface area contributed by atoms with Crippen LogP contribution in [0.25, 0.3) is 0 Å². The lowest BCUT2D eigenvalue weighted by atomic mass is 9.96. The number of hydrogen-bond acceptors (Lipinski definition) is 4. The van der Waals surface area contributed by atoms with Gasteiger partial charge in [0.25, 0.3) is 0 Å². The Bertz CT molecular complexity index is 681. The molecule has 0 saturated carbocycles. The Morgan fingerprint density at radius 3 is 2.45 bits per heavy atom. The number of benzene rings is 1. The first-order valence-corrected chi connectivity index (χ1v) is 11.9. The number of piperidine rings is 1. The Labute approximate surface area is 187 Å². The largest absolute Gasteiger partial charge is 0.369 e. The summed E-state index contributed by atoms with van der Waals surface area (Å²) in [5.41, 5.74) is 6.79. The molecule has 2 aliphatic rings. The van der Waals surface area contributed by atoms with Crippen molar-refractivity contribution in [1.29, 1.82) is 0 Å². The Hall–Kier alpha value is -2.12. The van der Waals surface area contributed by atoms with E-state index in [1.807, 2.05) is 7.05 Å². The van der Waals surface area contributed by atoms with Crippen LogP contribution in [0.15, 0.2) is 35.3 Å². The second kappa shape index (κ2) is 12.7. The molecule has 1 aromatic carbocycles. The van der Waals surface area contributed by atoms with Crippen LogP contribution in [0.4, 0.5) is 0 Å². The van der Waals surface area contributed by atoms with Gasteiger partial charge < -0.3 is 21.3 Å². The lowest BCUT2D eigenvalue weighted by molar-refractivity contribution is -0.123. The number of rotatable bonds is 10. The maximum Gasteiger partial charge on any atom is 0.220 e. The average molecular weight is 429 g/mol. The zero-order chi connectivity index (χ0) is 21.9. The van der Waals surface area contributed by atoms with Gasteiger partial charge in [0.15, 0.2) is 5.96 Å². The summed E-state index contributed by atoms with van der Waals surface area (Å²) in [6, 6.07) is 11.2. The minimum absolute atomic E-state index is 0.0765. The minimum atomic E-state index is -0.137. The first kappa shape index (κ1) is 23.5. The maximum absolute atomic E-state index is 11.3. The van der Waals surface area contributed by atoms with Crippen LogP contribution in [-0.2, 0) is 4.79 Å². The molecule has 1 aromatic rings. The van der Waals surface area contributed by atoms with Gasteiger partial charge in [-0.3, -0.25) is 14.7 Å². The minimum Gasteiger partial charge on any atom is -0.369 e. The average Bonchev–Trinajstić information content (AvgIpc) is 3.33. The number of carbonyl (C=O) groups excluding carboxylic acids is 1. The molecule has 2 aliphatic heterocycles. The van der Waals surface area contributed by atoms with Gasteiger partial charge in [0.1, 0.15) is 0 Å². The number of hydrogen-bond donors (Lipinski definition) is 3. The van der Waals surface area contributed by atoms with Gasteiger partial charge in [-0.1, -0.05) is 30.3 Å². The topological polar surface area (TPSA) is 86.0 Å². The number of aliphatic imine (C=N–C) groups is 1. The van der Waals surface area contributed by atoms with E-state index in [1.54, 1.807) is 0 Å². The third-order valence-electron chi connectivity index (χ3n) is 6.64. The van der Waals surface area contributed by atoms with Crippen LogP contribution in [0.3, 0.4) is 0 Å². The first-order chi connectivity index (χ1) is 15.2. The third kappa shape index (κ3) is 7.51. The van der Waals surface area contributed by atoms with E-state index in [-0.39, 0.29) is 11.8 Å². The third-order valence-corrected chi connectivity index (χ3v) is 6.64. The quantitative estimate of drug-likeness (QED) is 0.301. The van der Waals surface area contributed by atoms with Gasteiger partial charge in [-0.2, -0.15) is 0 Å². The fourth-order valence-electron chi connectivity index (χ4n) is 4.71. The van der Waals surface area contributed by atoms with E-state index in [4.69, 9.17) is 5.73 Å². The second-order valence-electron chi connectivity index (χ2n) is 8.77. The van der Waals surface area contributed by atoms with Crippen LogP contribution in [-0.4, -0.2) is 74.5 Å². The number of carbonyl (C=O) groups is 1. The number of unbranched alkanes of at least 4 members (excludes halogenated alkanes) is 1. The van der Waals surface area contributed by atoms with E-state index in [9.17, 15) is 4.79 Å². The fraction of sp³-hybridized carbons (Fsp3) is 0.667. The summed E-state index contributed by atoms with van der Waals surface area (Å²) in [7, 11) is 1.84. The van der Waals surface area contributed by atoms with E-state index < -0.39 is 0 Å². The van der Waals surface area contributed by atoms with Crippen molar-refractivity contribution >= 4 is 11.9 Å². The lowest BCUT2D eigenvalue weighted by Gasteiger charge is -2.30. The smallest absolute Gasteiger partial charge is 0.220 e. The van der Waals surface area contributed by atoms with E-state index in [0.29, 0.717) is 6.04 Å². The van der Waals surface area contributed by atoms with Crippen molar-refractivity contribution in [3.8, 4) is 0 Å². The van der Waals surface area contributed by atoms with Gasteiger partial charge in [-0.15, -0.1) is 0 Å². The summed E-state index contributed by atoms with van der Waals surface area (Å²) in [6.45, 7) is 7.18. The molecule has 0 radical (unpaired) electrons. The van der Waals surface area contributed by atoms with Crippen molar-refractivity contribution in [2.45, 2.75) is 44.6 Å². The summed E-state index contributed by atoms with van der Waals surface area (Å²) in [4.78, 5) is 20.7. The second-order valence-corrected chi connectivity index (χ2v) is 8.77. The Morgan fingerprint density at radius 1 is 1.10 bits per heavy atom. The summed E-state index contributed by atoms with van der Waals surface area (Å²) in [6.07, 6.45) is 6.64. The molecular formula is C24H40N6O. The number of primary amides is 1.